The Balaban J connectivity index is 1.53. The number of ether oxygens (including phenoxy) is 1. The average Bonchev–Trinajstić information content (AvgIpc) is 3.25. The van der Waals surface area contributed by atoms with Crippen molar-refractivity contribution in [2.75, 3.05) is 23.8 Å². The Labute approximate surface area is 242 Å². The van der Waals surface area contributed by atoms with Crippen molar-refractivity contribution in [3.05, 3.63) is 33.4 Å². The monoisotopic (exact) mass is 594 g/mol. The second kappa shape index (κ2) is 11.6. The summed E-state index contributed by atoms with van der Waals surface area (Å²) < 4.78 is 7.63. The zero-order valence-corrected chi connectivity index (χ0v) is 24.3. The van der Waals surface area contributed by atoms with Crippen molar-refractivity contribution >= 4 is 69.5 Å². The van der Waals surface area contributed by atoms with Gasteiger partial charge in [0.25, 0.3) is 0 Å². The van der Waals surface area contributed by atoms with Crippen LogP contribution in [0.3, 0.4) is 0 Å². The molecule has 2 aliphatic rings. The fourth-order valence-electron chi connectivity index (χ4n) is 5.89. The SMILES string of the molecule is CCCC1(C(=O)O)CCC(n2c(Nc3c(Cl)cc(Cl)cc3Cl)nc3cnc(N[C@@H]4CCOC[C@H]4C)nc32)CC1. The summed E-state index contributed by atoms with van der Waals surface area (Å²) in [7, 11) is 0. The first kappa shape index (κ1) is 28.2. The zero-order chi connectivity index (χ0) is 27.7. The summed E-state index contributed by atoms with van der Waals surface area (Å²) in [6.07, 6.45) is 6.61. The average molecular weight is 596 g/mol. The van der Waals surface area contributed by atoms with Crippen LogP contribution in [0.15, 0.2) is 18.3 Å². The van der Waals surface area contributed by atoms with Crippen molar-refractivity contribution in [2.45, 2.75) is 70.9 Å². The molecule has 210 valence electrons. The number of anilines is 3. The minimum absolute atomic E-state index is 0.0172. The predicted octanol–water partition coefficient (Wildman–Crippen LogP) is 7.35. The Morgan fingerprint density at radius 1 is 1.18 bits per heavy atom. The van der Waals surface area contributed by atoms with Crippen molar-refractivity contribution < 1.29 is 14.6 Å². The molecule has 1 saturated carbocycles. The van der Waals surface area contributed by atoms with Crippen molar-refractivity contribution in [2.24, 2.45) is 11.3 Å². The molecular formula is C27H33Cl3N6O3. The molecule has 2 atom stereocenters. The number of hydrogen-bond acceptors (Lipinski definition) is 7. The van der Waals surface area contributed by atoms with E-state index >= 15 is 0 Å². The molecule has 0 radical (unpaired) electrons. The number of carbonyl (C=O) groups is 1. The number of carboxylic acids is 1. The van der Waals surface area contributed by atoms with Crippen LogP contribution in [0.1, 0.15) is 64.8 Å². The van der Waals surface area contributed by atoms with E-state index in [1.54, 1.807) is 18.3 Å². The van der Waals surface area contributed by atoms with Crippen LogP contribution in [0, 0.1) is 11.3 Å². The summed E-state index contributed by atoms with van der Waals surface area (Å²) in [5, 5.41) is 18.0. The first-order valence-corrected chi connectivity index (χ1v) is 14.6. The van der Waals surface area contributed by atoms with Crippen LogP contribution < -0.4 is 10.6 Å². The lowest BCUT2D eigenvalue weighted by atomic mass is 9.70. The van der Waals surface area contributed by atoms with E-state index in [9.17, 15) is 9.90 Å². The quantitative estimate of drug-likeness (QED) is 0.248. The van der Waals surface area contributed by atoms with Crippen molar-refractivity contribution in [1.82, 2.24) is 19.5 Å². The molecule has 2 aromatic heterocycles. The Kier molecular flexibility index (Phi) is 8.42. The van der Waals surface area contributed by atoms with Gasteiger partial charge in [-0.2, -0.15) is 4.98 Å². The minimum Gasteiger partial charge on any atom is -0.481 e. The number of nitrogens with one attached hydrogen (secondary N) is 2. The second-order valence-corrected chi connectivity index (χ2v) is 12.0. The smallest absolute Gasteiger partial charge is 0.309 e. The molecule has 9 nitrogen and oxygen atoms in total. The standard InChI is InChI=1S/C27H33Cl3N6O3/c1-3-7-27(24(37)38)8-4-17(5-9-27)36-23-21(13-31-25(35-23)32-20-6-10-39-14-15(20)2)33-26(36)34-22-18(29)11-16(28)12-19(22)30/h11-13,15,17,20H,3-10,14H2,1-2H3,(H,33,34)(H,37,38)(H,31,32,35)/t15-,17?,20-,27?/m1/s1. The van der Waals surface area contributed by atoms with Gasteiger partial charge in [-0.25, -0.2) is 9.97 Å². The maximum absolute atomic E-state index is 12.2. The summed E-state index contributed by atoms with van der Waals surface area (Å²) in [4.78, 5) is 26.5. The predicted molar refractivity (Wildman–Crippen MR) is 155 cm³/mol. The van der Waals surface area contributed by atoms with E-state index in [-0.39, 0.29) is 12.1 Å². The Morgan fingerprint density at radius 2 is 1.90 bits per heavy atom. The lowest BCUT2D eigenvalue weighted by molar-refractivity contribution is -0.152. The number of imidazole rings is 1. The molecule has 5 rings (SSSR count). The highest BCUT2D eigenvalue weighted by Gasteiger charge is 2.42. The van der Waals surface area contributed by atoms with Gasteiger partial charge in [0.15, 0.2) is 5.65 Å². The third-order valence-corrected chi connectivity index (χ3v) is 8.91. The molecule has 1 aromatic carbocycles. The van der Waals surface area contributed by atoms with Gasteiger partial charge in [-0.1, -0.05) is 55.1 Å². The number of benzene rings is 1. The minimum atomic E-state index is -0.712. The van der Waals surface area contributed by atoms with E-state index < -0.39 is 11.4 Å². The van der Waals surface area contributed by atoms with Crippen LogP contribution in [0.2, 0.25) is 15.1 Å². The summed E-state index contributed by atoms with van der Waals surface area (Å²) in [5.41, 5.74) is 1.08. The number of aromatic nitrogens is 4. The number of carboxylic acid groups (broad SMARTS) is 1. The van der Waals surface area contributed by atoms with Gasteiger partial charge in [0, 0.05) is 23.7 Å². The van der Waals surface area contributed by atoms with Crippen LogP contribution in [0.5, 0.6) is 0 Å². The molecule has 1 aliphatic carbocycles. The van der Waals surface area contributed by atoms with E-state index in [2.05, 4.69) is 27.1 Å². The van der Waals surface area contributed by atoms with Gasteiger partial charge in [0.1, 0.15) is 5.52 Å². The summed E-state index contributed by atoms with van der Waals surface area (Å²) in [5.74, 6) is 0.662. The first-order valence-electron chi connectivity index (χ1n) is 13.4. The Hall–Kier alpha value is -2.33. The van der Waals surface area contributed by atoms with Gasteiger partial charge in [-0.3, -0.25) is 9.36 Å². The van der Waals surface area contributed by atoms with Gasteiger partial charge in [0.2, 0.25) is 11.9 Å². The molecule has 0 amide bonds. The van der Waals surface area contributed by atoms with Gasteiger partial charge in [0.05, 0.1) is 34.0 Å². The lowest BCUT2D eigenvalue weighted by Gasteiger charge is -2.37. The van der Waals surface area contributed by atoms with Crippen molar-refractivity contribution in [3.63, 3.8) is 0 Å². The molecule has 0 bridgehead atoms. The maximum atomic E-state index is 12.2. The summed E-state index contributed by atoms with van der Waals surface area (Å²) in [6.45, 7) is 5.57. The Bertz CT molecular complexity index is 1340. The molecule has 0 spiro atoms. The summed E-state index contributed by atoms with van der Waals surface area (Å²) >= 11 is 19.1. The number of hydrogen-bond donors (Lipinski definition) is 3. The second-order valence-electron chi connectivity index (χ2n) is 10.7. The molecule has 1 saturated heterocycles. The van der Waals surface area contributed by atoms with E-state index in [0.29, 0.717) is 95.1 Å². The number of rotatable bonds is 8. The summed E-state index contributed by atoms with van der Waals surface area (Å²) in [6, 6.07) is 3.43. The maximum Gasteiger partial charge on any atom is 0.309 e. The molecule has 2 fully saturated rings. The van der Waals surface area contributed by atoms with Crippen LogP contribution >= 0.6 is 34.8 Å². The van der Waals surface area contributed by atoms with E-state index in [0.717, 1.165) is 12.8 Å². The molecule has 3 N–H and O–H groups in total. The van der Waals surface area contributed by atoms with Crippen molar-refractivity contribution in [3.8, 4) is 0 Å². The van der Waals surface area contributed by atoms with Gasteiger partial charge < -0.3 is 20.5 Å². The third-order valence-electron chi connectivity index (χ3n) is 8.09. The lowest BCUT2D eigenvalue weighted by Crippen LogP contribution is -2.36. The topological polar surface area (TPSA) is 114 Å². The number of nitrogens with zero attached hydrogens (tertiary/aromatic N) is 4. The third kappa shape index (κ3) is 5.78. The zero-order valence-electron chi connectivity index (χ0n) is 22.0. The Morgan fingerprint density at radius 3 is 2.54 bits per heavy atom. The normalized spacial score (nSPS) is 25.5. The first-order chi connectivity index (χ1) is 18.7. The fourth-order valence-corrected chi connectivity index (χ4v) is 6.80. The van der Waals surface area contributed by atoms with Crippen LogP contribution in [0.25, 0.3) is 11.2 Å². The van der Waals surface area contributed by atoms with Crippen LogP contribution in [-0.2, 0) is 9.53 Å². The van der Waals surface area contributed by atoms with Gasteiger partial charge >= 0.3 is 5.97 Å². The number of aliphatic carboxylic acids is 1. The highest BCUT2D eigenvalue weighted by molar-refractivity contribution is 6.41. The molecule has 12 heteroatoms. The largest absolute Gasteiger partial charge is 0.481 e. The van der Waals surface area contributed by atoms with E-state index in [1.165, 1.54) is 0 Å². The molecular weight excluding hydrogens is 563 g/mol. The number of halogens is 3. The molecule has 39 heavy (non-hydrogen) atoms. The highest BCUT2D eigenvalue weighted by atomic mass is 35.5. The van der Waals surface area contributed by atoms with Crippen LogP contribution in [0.4, 0.5) is 17.6 Å². The highest BCUT2D eigenvalue weighted by Crippen LogP contribution is 2.46. The van der Waals surface area contributed by atoms with Crippen molar-refractivity contribution in [1.29, 1.82) is 0 Å². The van der Waals surface area contributed by atoms with Gasteiger partial charge in [-0.15, -0.1) is 0 Å². The molecule has 3 heterocycles. The number of fused-ring (bicyclic) bond motifs is 1. The molecule has 0 unspecified atom stereocenters. The van der Waals surface area contributed by atoms with E-state index in [1.807, 2.05) is 6.92 Å². The molecule has 1 aliphatic heterocycles. The van der Waals surface area contributed by atoms with Gasteiger partial charge in [-0.05, 0) is 56.6 Å². The fraction of sp³-hybridized carbons (Fsp3) is 0.556. The molecule has 3 aromatic rings. The van der Waals surface area contributed by atoms with E-state index in [4.69, 9.17) is 49.5 Å². The van der Waals surface area contributed by atoms with Crippen LogP contribution in [-0.4, -0.2) is 49.9 Å².